The summed E-state index contributed by atoms with van der Waals surface area (Å²) in [6, 6.07) is -0.124. The summed E-state index contributed by atoms with van der Waals surface area (Å²) < 4.78 is 15.0. The van der Waals surface area contributed by atoms with Gasteiger partial charge in [0.05, 0.1) is 13.7 Å². The van der Waals surface area contributed by atoms with Crippen molar-refractivity contribution in [2.75, 3.05) is 32.8 Å². The molecule has 0 spiro atoms. The smallest absolute Gasteiger partial charge is 0.415 e. The SMILES string of the molecule is C[n+]1ccn(C(=O)N2CCN(C(=O)[C@]3(C)CO[C@H](C(C)(C)C)N3C(=O)OC(C)(C)C)CC2)c1. The quantitative estimate of drug-likeness (QED) is 0.592. The van der Waals surface area contributed by atoms with Gasteiger partial charge in [-0.2, -0.15) is 4.57 Å². The number of carbonyl (C=O) groups excluding carboxylic acids is 3. The lowest BCUT2D eigenvalue weighted by atomic mass is 9.91. The third-order valence-corrected chi connectivity index (χ3v) is 5.91. The van der Waals surface area contributed by atoms with Gasteiger partial charge in [0.1, 0.15) is 29.8 Å². The molecule has 184 valence electrons. The fourth-order valence-electron chi connectivity index (χ4n) is 4.22. The Labute approximate surface area is 196 Å². The summed E-state index contributed by atoms with van der Waals surface area (Å²) in [7, 11) is 1.85. The highest BCUT2D eigenvalue weighted by atomic mass is 16.6. The maximum atomic E-state index is 13.7. The van der Waals surface area contributed by atoms with Crippen molar-refractivity contribution in [2.24, 2.45) is 12.5 Å². The average molecular weight is 465 g/mol. The molecule has 3 amide bonds. The largest absolute Gasteiger partial charge is 0.444 e. The molecule has 2 aliphatic rings. The van der Waals surface area contributed by atoms with E-state index in [0.717, 1.165) is 0 Å². The fourth-order valence-corrected chi connectivity index (χ4v) is 4.22. The van der Waals surface area contributed by atoms with E-state index in [4.69, 9.17) is 9.47 Å². The van der Waals surface area contributed by atoms with Crippen molar-refractivity contribution >= 4 is 18.0 Å². The van der Waals surface area contributed by atoms with Gasteiger partial charge in [-0.1, -0.05) is 20.8 Å². The van der Waals surface area contributed by atoms with Crippen molar-refractivity contribution in [3.8, 4) is 0 Å². The minimum absolute atomic E-state index is 0.0893. The molecule has 0 bridgehead atoms. The summed E-state index contributed by atoms with van der Waals surface area (Å²) in [5.41, 5.74) is -2.30. The summed E-state index contributed by atoms with van der Waals surface area (Å²) in [4.78, 5) is 44.6. The van der Waals surface area contributed by atoms with Gasteiger partial charge >= 0.3 is 12.1 Å². The monoisotopic (exact) mass is 464 g/mol. The third kappa shape index (κ3) is 5.15. The van der Waals surface area contributed by atoms with Crippen LogP contribution in [0.3, 0.4) is 0 Å². The molecular weight excluding hydrogens is 426 g/mol. The number of aromatic nitrogens is 2. The molecule has 0 aliphatic carbocycles. The van der Waals surface area contributed by atoms with Crippen LogP contribution in [-0.2, 0) is 21.3 Å². The summed E-state index contributed by atoms with van der Waals surface area (Å²) in [5.74, 6) is -0.195. The summed E-state index contributed by atoms with van der Waals surface area (Å²) in [5, 5.41) is 0. The van der Waals surface area contributed by atoms with Gasteiger partial charge in [-0.15, -0.1) is 0 Å². The molecule has 3 rings (SSSR count). The molecule has 2 saturated heterocycles. The van der Waals surface area contributed by atoms with E-state index in [1.165, 1.54) is 9.47 Å². The van der Waals surface area contributed by atoms with E-state index in [1.807, 2.05) is 27.8 Å². The molecule has 33 heavy (non-hydrogen) atoms. The van der Waals surface area contributed by atoms with Gasteiger partial charge < -0.3 is 19.3 Å². The molecule has 0 saturated carbocycles. The van der Waals surface area contributed by atoms with Crippen LogP contribution in [0.5, 0.6) is 0 Å². The second-order valence-corrected chi connectivity index (χ2v) is 11.2. The summed E-state index contributed by atoms with van der Waals surface area (Å²) in [6.45, 7) is 14.7. The van der Waals surface area contributed by atoms with Crippen LogP contribution in [0.1, 0.15) is 48.5 Å². The van der Waals surface area contributed by atoms with Gasteiger partial charge in [-0.25, -0.2) is 14.2 Å². The van der Waals surface area contributed by atoms with Crippen molar-refractivity contribution < 1.29 is 28.4 Å². The second-order valence-electron chi connectivity index (χ2n) is 11.2. The molecule has 2 aliphatic heterocycles. The lowest BCUT2D eigenvalue weighted by Gasteiger charge is -2.43. The van der Waals surface area contributed by atoms with Gasteiger partial charge in [0.25, 0.3) is 12.2 Å². The van der Waals surface area contributed by atoms with Crippen molar-refractivity contribution in [1.82, 2.24) is 19.3 Å². The van der Waals surface area contributed by atoms with Crippen molar-refractivity contribution in [2.45, 2.75) is 65.8 Å². The average Bonchev–Trinajstić information content (AvgIpc) is 3.29. The number of amides is 3. The number of hydrogen-bond donors (Lipinski definition) is 0. The first-order valence-electron chi connectivity index (χ1n) is 11.4. The Bertz CT molecular complexity index is 907. The topological polar surface area (TPSA) is 88.2 Å². The van der Waals surface area contributed by atoms with Crippen LogP contribution in [0.15, 0.2) is 18.7 Å². The highest BCUT2D eigenvalue weighted by Gasteiger charge is 2.57. The van der Waals surface area contributed by atoms with Gasteiger partial charge in [0.15, 0.2) is 0 Å². The number of imidazole rings is 1. The number of nitrogens with zero attached hydrogens (tertiary/aromatic N) is 5. The zero-order valence-electron chi connectivity index (χ0n) is 21.1. The number of ether oxygens (including phenoxy) is 2. The standard InChI is InChI=1S/C23H38N5O5/c1-21(2,3)18-28(20(31)33-22(4,5)6)23(7,15-32-18)17(29)25-11-13-26(14-12-25)19(30)27-10-9-24(8)16-27/h9-10,16,18H,11-15H2,1-8H3/q+1/t18-,23+/m1/s1. The van der Waals surface area contributed by atoms with Crippen LogP contribution in [0.2, 0.25) is 0 Å². The van der Waals surface area contributed by atoms with E-state index >= 15 is 0 Å². The van der Waals surface area contributed by atoms with Crippen LogP contribution >= 0.6 is 0 Å². The zero-order chi connectivity index (χ0) is 24.8. The first kappa shape index (κ1) is 25.0. The van der Waals surface area contributed by atoms with Gasteiger partial charge in [-0.05, 0) is 27.7 Å². The van der Waals surface area contributed by atoms with E-state index < -0.39 is 28.9 Å². The van der Waals surface area contributed by atoms with E-state index in [1.54, 1.807) is 60.8 Å². The van der Waals surface area contributed by atoms with Crippen molar-refractivity contribution in [3.63, 3.8) is 0 Å². The summed E-state index contributed by atoms with van der Waals surface area (Å²) in [6.07, 6.45) is 4.06. The Hall–Kier alpha value is -2.62. The number of hydrogen-bond acceptors (Lipinski definition) is 5. The second kappa shape index (κ2) is 8.62. The summed E-state index contributed by atoms with van der Waals surface area (Å²) >= 11 is 0. The predicted molar refractivity (Wildman–Crippen MR) is 120 cm³/mol. The highest BCUT2D eigenvalue weighted by molar-refractivity contribution is 5.91. The minimum atomic E-state index is -1.19. The molecule has 0 aromatic carbocycles. The molecule has 3 heterocycles. The fraction of sp³-hybridized carbons (Fsp3) is 0.739. The first-order valence-corrected chi connectivity index (χ1v) is 11.4. The molecule has 0 radical (unpaired) electrons. The Morgan fingerprint density at radius 3 is 2.09 bits per heavy atom. The zero-order valence-corrected chi connectivity index (χ0v) is 21.1. The molecule has 0 unspecified atom stereocenters. The molecule has 10 heteroatoms. The number of carbonyl (C=O) groups is 3. The number of piperazine rings is 1. The van der Waals surface area contributed by atoms with Crippen LogP contribution in [0.4, 0.5) is 9.59 Å². The Morgan fingerprint density at radius 2 is 1.61 bits per heavy atom. The highest BCUT2D eigenvalue weighted by Crippen LogP contribution is 2.39. The van der Waals surface area contributed by atoms with E-state index in [9.17, 15) is 14.4 Å². The lowest BCUT2D eigenvalue weighted by Crippen LogP contribution is -2.64. The molecule has 1 aromatic heterocycles. The van der Waals surface area contributed by atoms with Crippen LogP contribution in [0, 0.1) is 5.41 Å². The van der Waals surface area contributed by atoms with E-state index in [0.29, 0.717) is 26.2 Å². The van der Waals surface area contributed by atoms with Crippen molar-refractivity contribution in [1.29, 1.82) is 0 Å². The third-order valence-electron chi connectivity index (χ3n) is 5.91. The molecule has 2 atom stereocenters. The van der Waals surface area contributed by atoms with E-state index in [-0.39, 0.29) is 18.5 Å². The van der Waals surface area contributed by atoms with Gasteiger partial charge in [-0.3, -0.25) is 9.69 Å². The van der Waals surface area contributed by atoms with Crippen LogP contribution in [-0.4, -0.2) is 87.5 Å². The van der Waals surface area contributed by atoms with E-state index in [2.05, 4.69) is 0 Å². The number of aryl methyl sites for hydroxylation is 1. The maximum absolute atomic E-state index is 13.7. The normalized spacial score (nSPS) is 24.2. The van der Waals surface area contributed by atoms with Gasteiger partial charge in [0, 0.05) is 31.6 Å². The lowest BCUT2D eigenvalue weighted by molar-refractivity contribution is -0.670. The Kier molecular flexibility index (Phi) is 6.54. The Morgan fingerprint density at radius 1 is 1.03 bits per heavy atom. The molecule has 1 aromatic rings. The maximum Gasteiger partial charge on any atom is 0.415 e. The van der Waals surface area contributed by atoms with Crippen LogP contribution in [0.25, 0.3) is 0 Å². The van der Waals surface area contributed by atoms with Crippen LogP contribution < -0.4 is 4.57 Å². The molecule has 0 N–H and O–H groups in total. The number of rotatable bonds is 1. The first-order chi connectivity index (χ1) is 15.1. The molecule has 10 nitrogen and oxygen atoms in total. The van der Waals surface area contributed by atoms with Crippen molar-refractivity contribution in [3.05, 3.63) is 18.7 Å². The molecule has 2 fully saturated rings. The predicted octanol–water partition coefficient (Wildman–Crippen LogP) is 1.82. The Balaban J connectivity index is 1.75. The minimum Gasteiger partial charge on any atom is -0.444 e. The van der Waals surface area contributed by atoms with Gasteiger partial charge in [0.2, 0.25) is 0 Å². The molecular formula is C23H38N5O5+.